The quantitative estimate of drug-likeness (QED) is 0.559. The molecule has 3 heterocycles. The van der Waals surface area contributed by atoms with Gasteiger partial charge in [-0.3, -0.25) is 9.36 Å². The Morgan fingerprint density at radius 2 is 2.18 bits per heavy atom. The fourth-order valence-electron chi connectivity index (χ4n) is 3.80. The second-order valence-corrected chi connectivity index (χ2v) is 8.32. The molecule has 0 saturated heterocycles. The molecule has 4 rings (SSSR count). The summed E-state index contributed by atoms with van der Waals surface area (Å²) >= 11 is 6.03. The predicted molar refractivity (Wildman–Crippen MR) is 121 cm³/mol. The second-order valence-electron chi connectivity index (χ2n) is 7.91. The Morgan fingerprint density at radius 3 is 2.91 bits per heavy atom. The van der Waals surface area contributed by atoms with Gasteiger partial charge in [0.1, 0.15) is 34.4 Å². The van der Waals surface area contributed by atoms with E-state index in [0.717, 1.165) is 36.4 Å². The third-order valence-corrected chi connectivity index (χ3v) is 5.69. The maximum atomic E-state index is 15.2. The van der Waals surface area contributed by atoms with E-state index in [0.29, 0.717) is 18.8 Å². The Morgan fingerprint density at radius 1 is 1.36 bits per heavy atom. The summed E-state index contributed by atoms with van der Waals surface area (Å²) in [5.41, 5.74) is -0.538. The summed E-state index contributed by atoms with van der Waals surface area (Å²) in [7, 11) is 0. The summed E-state index contributed by atoms with van der Waals surface area (Å²) < 4.78 is 23.8. The van der Waals surface area contributed by atoms with Crippen LogP contribution in [-0.2, 0) is 13.0 Å². The molecule has 0 unspecified atom stereocenters. The molecular formula is C22H24ClFN6O3. The van der Waals surface area contributed by atoms with Crippen LogP contribution in [0.1, 0.15) is 55.7 Å². The van der Waals surface area contributed by atoms with Crippen molar-refractivity contribution >= 4 is 23.3 Å². The number of nitrogens with one attached hydrogen (secondary N) is 1. The van der Waals surface area contributed by atoms with E-state index in [4.69, 9.17) is 16.3 Å². The van der Waals surface area contributed by atoms with Gasteiger partial charge in [0.15, 0.2) is 5.82 Å². The maximum absolute atomic E-state index is 15.2. The third kappa shape index (κ3) is 4.75. The normalized spacial score (nSPS) is 13.9. The van der Waals surface area contributed by atoms with Gasteiger partial charge in [-0.05, 0) is 32.3 Å². The zero-order chi connectivity index (χ0) is 23.5. The molecule has 1 atom stereocenters. The van der Waals surface area contributed by atoms with Crippen LogP contribution in [0.25, 0.3) is 5.69 Å². The summed E-state index contributed by atoms with van der Waals surface area (Å²) in [5, 5.41) is 7.02. The number of aromatic nitrogens is 5. The van der Waals surface area contributed by atoms with Crippen molar-refractivity contribution < 1.29 is 13.9 Å². The molecule has 1 aliphatic heterocycles. The Balaban J connectivity index is 1.76. The molecule has 3 aromatic rings. The van der Waals surface area contributed by atoms with E-state index in [1.807, 2.05) is 13.8 Å². The van der Waals surface area contributed by atoms with E-state index in [2.05, 4.69) is 20.4 Å². The van der Waals surface area contributed by atoms with Gasteiger partial charge in [0, 0.05) is 19.0 Å². The second kappa shape index (κ2) is 9.70. The van der Waals surface area contributed by atoms with Crippen LogP contribution in [-0.4, -0.2) is 36.3 Å². The number of rotatable bonds is 7. The molecule has 11 heteroatoms. The molecular weight excluding hydrogens is 451 g/mol. The summed E-state index contributed by atoms with van der Waals surface area (Å²) in [6.45, 7) is 4.42. The standard InChI is InChI=1S/C22H24ClFN6O3/c1-3-6-13(2)33-18-10-17(30-22(32)29-8-5-4-7-19(29)28-30)16(24)9-14(18)21(31)27-20-15(23)11-25-12-26-20/h9-13H,3-8H2,1-2H3,(H,25,26,27,31)/t13-/m0/s1. The highest BCUT2D eigenvalue weighted by atomic mass is 35.5. The van der Waals surface area contributed by atoms with E-state index in [1.165, 1.54) is 18.6 Å². The first-order valence-corrected chi connectivity index (χ1v) is 11.2. The minimum atomic E-state index is -0.776. The SMILES string of the molecule is CCC[C@H](C)Oc1cc(-n2nc3n(c2=O)CCCC3)c(F)cc1C(=O)Nc1ncncc1Cl. The van der Waals surface area contributed by atoms with E-state index < -0.39 is 17.4 Å². The van der Waals surface area contributed by atoms with Gasteiger partial charge in [-0.25, -0.2) is 19.2 Å². The average Bonchev–Trinajstić information content (AvgIpc) is 3.13. The highest BCUT2D eigenvalue weighted by molar-refractivity contribution is 6.33. The van der Waals surface area contributed by atoms with Crippen molar-refractivity contribution in [3.63, 3.8) is 0 Å². The van der Waals surface area contributed by atoms with Crippen molar-refractivity contribution in [3.05, 3.63) is 57.4 Å². The van der Waals surface area contributed by atoms with Crippen LogP contribution in [0.5, 0.6) is 5.75 Å². The Labute approximate surface area is 194 Å². The van der Waals surface area contributed by atoms with Crippen LogP contribution in [0.4, 0.5) is 10.2 Å². The lowest BCUT2D eigenvalue weighted by Crippen LogP contribution is -2.27. The Hall–Kier alpha value is -3.27. The third-order valence-electron chi connectivity index (χ3n) is 5.42. The van der Waals surface area contributed by atoms with Crippen molar-refractivity contribution in [3.8, 4) is 11.4 Å². The molecule has 0 fully saturated rings. The van der Waals surface area contributed by atoms with Crippen LogP contribution >= 0.6 is 11.6 Å². The monoisotopic (exact) mass is 474 g/mol. The molecule has 1 N–H and O–H groups in total. The molecule has 1 aromatic carbocycles. The molecule has 0 saturated carbocycles. The number of hydrogen-bond donors (Lipinski definition) is 1. The average molecular weight is 475 g/mol. The minimum Gasteiger partial charge on any atom is -0.490 e. The van der Waals surface area contributed by atoms with Gasteiger partial charge in [0.2, 0.25) is 0 Å². The van der Waals surface area contributed by atoms with Crippen LogP contribution < -0.4 is 15.7 Å². The molecule has 33 heavy (non-hydrogen) atoms. The van der Waals surface area contributed by atoms with Crippen LogP contribution in [0.15, 0.2) is 29.5 Å². The van der Waals surface area contributed by atoms with Gasteiger partial charge in [-0.1, -0.05) is 24.9 Å². The number of amides is 1. The van der Waals surface area contributed by atoms with E-state index in [1.54, 1.807) is 4.57 Å². The van der Waals surface area contributed by atoms with Gasteiger partial charge in [0.25, 0.3) is 5.91 Å². The number of anilines is 1. The number of aryl methyl sites for hydroxylation is 1. The number of nitrogens with zero attached hydrogens (tertiary/aromatic N) is 5. The van der Waals surface area contributed by atoms with Crippen molar-refractivity contribution in [1.29, 1.82) is 0 Å². The van der Waals surface area contributed by atoms with Gasteiger partial charge >= 0.3 is 5.69 Å². The molecule has 9 nitrogen and oxygen atoms in total. The topological polar surface area (TPSA) is 104 Å². The molecule has 0 radical (unpaired) electrons. The molecule has 0 spiro atoms. The highest BCUT2D eigenvalue weighted by Crippen LogP contribution is 2.28. The summed E-state index contributed by atoms with van der Waals surface area (Å²) in [5.74, 6) is -0.592. The number of halogens is 2. The van der Waals surface area contributed by atoms with Crippen molar-refractivity contribution in [2.75, 3.05) is 5.32 Å². The first kappa shape index (κ1) is 22.9. The fraction of sp³-hybridized carbons (Fsp3) is 0.409. The zero-order valence-corrected chi connectivity index (χ0v) is 19.1. The number of fused-ring (bicyclic) bond motifs is 1. The lowest BCUT2D eigenvalue weighted by atomic mass is 10.1. The number of carbonyl (C=O) groups is 1. The van der Waals surface area contributed by atoms with Crippen molar-refractivity contribution in [2.24, 2.45) is 0 Å². The molecule has 0 bridgehead atoms. The number of ether oxygens (including phenoxy) is 1. The molecule has 1 aliphatic rings. The van der Waals surface area contributed by atoms with Crippen LogP contribution in [0.3, 0.4) is 0 Å². The van der Waals surface area contributed by atoms with E-state index in [-0.39, 0.29) is 33.9 Å². The first-order valence-electron chi connectivity index (χ1n) is 10.8. The maximum Gasteiger partial charge on any atom is 0.350 e. The number of carbonyl (C=O) groups excluding carboxylic acids is 1. The van der Waals surface area contributed by atoms with Crippen LogP contribution in [0, 0.1) is 5.82 Å². The number of benzene rings is 1. The Bertz CT molecular complexity index is 1240. The summed E-state index contributed by atoms with van der Waals surface area (Å²) in [6.07, 6.45) is 6.36. The first-order chi connectivity index (χ1) is 15.9. The molecule has 1 amide bonds. The summed E-state index contributed by atoms with van der Waals surface area (Å²) in [4.78, 5) is 33.5. The largest absolute Gasteiger partial charge is 0.490 e. The van der Waals surface area contributed by atoms with Crippen molar-refractivity contribution in [2.45, 2.75) is 58.6 Å². The minimum absolute atomic E-state index is 0.0501. The van der Waals surface area contributed by atoms with Gasteiger partial charge < -0.3 is 10.1 Å². The van der Waals surface area contributed by atoms with Gasteiger partial charge in [-0.2, -0.15) is 4.68 Å². The number of hydrogen-bond acceptors (Lipinski definition) is 6. The van der Waals surface area contributed by atoms with Crippen LogP contribution in [0.2, 0.25) is 5.02 Å². The molecule has 174 valence electrons. The predicted octanol–water partition coefficient (Wildman–Crippen LogP) is 3.77. The Kier molecular flexibility index (Phi) is 6.73. The van der Waals surface area contributed by atoms with Gasteiger partial charge in [-0.15, -0.1) is 5.10 Å². The smallest absolute Gasteiger partial charge is 0.350 e. The lowest BCUT2D eigenvalue weighted by molar-refractivity contribution is 0.101. The van der Waals surface area contributed by atoms with E-state index >= 15 is 4.39 Å². The fourth-order valence-corrected chi connectivity index (χ4v) is 3.95. The van der Waals surface area contributed by atoms with Crippen molar-refractivity contribution in [1.82, 2.24) is 24.3 Å². The summed E-state index contributed by atoms with van der Waals surface area (Å²) in [6, 6.07) is 2.39. The van der Waals surface area contributed by atoms with Gasteiger partial charge in [0.05, 0.1) is 17.9 Å². The lowest BCUT2D eigenvalue weighted by Gasteiger charge is -2.18. The zero-order valence-electron chi connectivity index (χ0n) is 18.3. The molecule has 2 aromatic heterocycles. The van der Waals surface area contributed by atoms with E-state index in [9.17, 15) is 9.59 Å². The highest BCUT2D eigenvalue weighted by Gasteiger charge is 2.24. The molecule has 0 aliphatic carbocycles.